The van der Waals surface area contributed by atoms with Crippen molar-refractivity contribution in [3.8, 4) is 0 Å². The largest absolute Gasteiger partial charge is 0.452 e. The third-order valence-corrected chi connectivity index (χ3v) is 5.68. The van der Waals surface area contributed by atoms with Gasteiger partial charge in [0.1, 0.15) is 10.7 Å². The fourth-order valence-corrected chi connectivity index (χ4v) is 4.26. The Morgan fingerprint density at radius 3 is 2.90 bits per heavy atom. The van der Waals surface area contributed by atoms with Crippen molar-refractivity contribution in [1.29, 1.82) is 0 Å². The van der Waals surface area contributed by atoms with Crippen LogP contribution >= 0.6 is 27.3 Å². The van der Waals surface area contributed by atoms with Crippen molar-refractivity contribution >= 4 is 37.3 Å². The van der Waals surface area contributed by atoms with E-state index in [1.165, 1.54) is 17.4 Å². The van der Waals surface area contributed by atoms with E-state index in [4.69, 9.17) is 4.42 Å². The Labute approximate surface area is 136 Å². The number of halogens is 1. The van der Waals surface area contributed by atoms with Gasteiger partial charge in [-0.3, -0.25) is 4.98 Å². The van der Waals surface area contributed by atoms with Crippen molar-refractivity contribution < 1.29 is 12.8 Å². The van der Waals surface area contributed by atoms with E-state index in [-0.39, 0.29) is 16.1 Å². The van der Waals surface area contributed by atoms with Crippen LogP contribution in [0.4, 0.5) is 0 Å². The molecule has 0 radical (unpaired) electrons. The molecule has 2 heterocycles. The average Bonchev–Trinajstić information content (AvgIpc) is 3.07. The van der Waals surface area contributed by atoms with E-state index in [0.29, 0.717) is 12.3 Å². The Hall–Kier alpha value is -0.740. The van der Waals surface area contributed by atoms with Gasteiger partial charge in [-0.15, -0.1) is 11.3 Å². The SMILES string of the molecule is CCCNCc1cc(S(=O)(=O)NCc2cncs2)c(Br)o1. The molecule has 116 valence electrons. The van der Waals surface area contributed by atoms with Crippen LogP contribution in [0.15, 0.2) is 31.8 Å². The maximum Gasteiger partial charge on any atom is 0.245 e. The van der Waals surface area contributed by atoms with Gasteiger partial charge in [0, 0.05) is 23.7 Å². The normalized spacial score (nSPS) is 11.9. The van der Waals surface area contributed by atoms with Crippen LogP contribution < -0.4 is 10.0 Å². The van der Waals surface area contributed by atoms with Crippen LogP contribution in [0.2, 0.25) is 0 Å². The Bertz CT molecular complexity index is 668. The quantitative estimate of drug-likeness (QED) is 0.672. The highest BCUT2D eigenvalue weighted by atomic mass is 79.9. The zero-order valence-corrected chi connectivity index (χ0v) is 14.6. The topological polar surface area (TPSA) is 84.2 Å². The van der Waals surface area contributed by atoms with Gasteiger partial charge in [-0.2, -0.15) is 0 Å². The molecular formula is C12H16BrN3O3S2. The number of sulfonamides is 1. The molecule has 2 rings (SSSR count). The second kappa shape index (κ2) is 7.50. The predicted molar refractivity (Wildman–Crippen MR) is 84.5 cm³/mol. The van der Waals surface area contributed by atoms with E-state index in [0.717, 1.165) is 17.8 Å². The second-order valence-electron chi connectivity index (χ2n) is 4.32. The predicted octanol–water partition coefficient (Wildman–Crippen LogP) is 2.48. The van der Waals surface area contributed by atoms with Crippen LogP contribution in [0.1, 0.15) is 24.0 Å². The van der Waals surface area contributed by atoms with Crippen LogP contribution in [0, 0.1) is 0 Å². The molecule has 2 aromatic rings. The summed E-state index contributed by atoms with van der Waals surface area (Å²) in [6, 6.07) is 1.53. The minimum absolute atomic E-state index is 0.111. The first-order chi connectivity index (χ1) is 10.0. The van der Waals surface area contributed by atoms with Gasteiger partial charge in [0.05, 0.1) is 12.1 Å². The standard InChI is InChI=1S/C12H16BrN3O3S2/c1-2-3-14-5-9-4-11(12(13)19-9)21(17,18)16-7-10-6-15-8-20-10/h4,6,8,14,16H,2-3,5,7H2,1H3. The van der Waals surface area contributed by atoms with Gasteiger partial charge in [0.25, 0.3) is 0 Å². The lowest BCUT2D eigenvalue weighted by molar-refractivity contribution is 0.461. The summed E-state index contributed by atoms with van der Waals surface area (Å²) in [7, 11) is -3.62. The van der Waals surface area contributed by atoms with Crippen molar-refractivity contribution in [2.45, 2.75) is 31.3 Å². The van der Waals surface area contributed by atoms with Gasteiger partial charge in [0.2, 0.25) is 10.0 Å². The fourth-order valence-electron chi connectivity index (χ4n) is 1.63. The number of nitrogens with one attached hydrogen (secondary N) is 2. The van der Waals surface area contributed by atoms with E-state index in [1.54, 1.807) is 11.7 Å². The molecule has 0 saturated heterocycles. The monoisotopic (exact) mass is 393 g/mol. The Kier molecular flexibility index (Phi) is 5.94. The lowest BCUT2D eigenvalue weighted by Crippen LogP contribution is -2.22. The zero-order valence-electron chi connectivity index (χ0n) is 11.4. The van der Waals surface area contributed by atoms with Gasteiger partial charge in [-0.1, -0.05) is 6.92 Å². The first kappa shape index (κ1) is 16.6. The molecule has 0 aliphatic carbocycles. The molecule has 0 atom stereocenters. The molecule has 0 unspecified atom stereocenters. The van der Waals surface area contributed by atoms with Crippen molar-refractivity contribution in [3.05, 3.63) is 33.1 Å². The molecule has 6 nitrogen and oxygen atoms in total. The van der Waals surface area contributed by atoms with Crippen LogP contribution in [0.5, 0.6) is 0 Å². The molecule has 0 saturated carbocycles. The molecule has 0 fully saturated rings. The first-order valence-electron chi connectivity index (χ1n) is 6.39. The van der Waals surface area contributed by atoms with Gasteiger partial charge < -0.3 is 9.73 Å². The van der Waals surface area contributed by atoms with E-state index in [1.807, 2.05) is 0 Å². The third kappa shape index (κ3) is 4.62. The molecule has 0 aromatic carbocycles. The summed E-state index contributed by atoms with van der Waals surface area (Å²) in [6.07, 6.45) is 2.64. The molecule has 2 N–H and O–H groups in total. The number of nitrogens with zero attached hydrogens (tertiary/aromatic N) is 1. The average molecular weight is 394 g/mol. The lowest BCUT2D eigenvalue weighted by Gasteiger charge is -2.02. The van der Waals surface area contributed by atoms with E-state index < -0.39 is 10.0 Å². The molecule has 0 amide bonds. The zero-order chi connectivity index (χ0) is 15.3. The summed E-state index contributed by atoms with van der Waals surface area (Å²) in [5.41, 5.74) is 1.66. The van der Waals surface area contributed by atoms with Crippen LogP contribution in [0.25, 0.3) is 0 Å². The van der Waals surface area contributed by atoms with E-state index in [2.05, 4.69) is 37.9 Å². The summed E-state index contributed by atoms with van der Waals surface area (Å²) < 4.78 is 32.7. The molecule has 9 heteroatoms. The highest BCUT2D eigenvalue weighted by Crippen LogP contribution is 2.26. The highest BCUT2D eigenvalue weighted by molar-refractivity contribution is 9.10. The van der Waals surface area contributed by atoms with Gasteiger partial charge in [-0.25, -0.2) is 13.1 Å². The summed E-state index contributed by atoms with van der Waals surface area (Å²) in [4.78, 5) is 4.87. The number of thiazole rings is 1. The van der Waals surface area contributed by atoms with Crippen LogP contribution in [-0.2, 0) is 23.1 Å². The summed E-state index contributed by atoms with van der Waals surface area (Å²) in [5.74, 6) is 0.577. The van der Waals surface area contributed by atoms with Crippen molar-refractivity contribution in [2.75, 3.05) is 6.54 Å². The fraction of sp³-hybridized carbons (Fsp3) is 0.417. The van der Waals surface area contributed by atoms with Gasteiger partial charge in [-0.05, 0) is 28.9 Å². The molecular weight excluding hydrogens is 378 g/mol. The number of aromatic nitrogens is 1. The molecule has 0 bridgehead atoms. The van der Waals surface area contributed by atoms with Gasteiger partial charge >= 0.3 is 0 Å². The number of hydrogen-bond donors (Lipinski definition) is 2. The Morgan fingerprint density at radius 1 is 1.43 bits per heavy atom. The first-order valence-corrected chi connectivity index (χ1v) is 9.54. The number of rotatable bonds is 8. The maximum absolute atomic E-state index is 12.3. The van der Waals surface area contributed by atoms with Gasteiger partial charge in [0.15, 0.2) is 4.67 Å². The Morgan fingerprint density at radius 2 is 2.24 bits per heavy atom. The smallest absolute Gasteiger partial charge is 0.245 e. The van der Waals surface area contributed by atoms with Crippen LogP contribution in [-0.4, -0.2) is 19.9 Å². The van der Waals surface area contributed by atoms with E-state index in [9.17, 15) is 8.42 Å². The summed E-state index contributed by atoms with van der Waals surface area (Å²) >= 11 is 4.56. The van der Waals surface area contributed by atoms with Crippen molar-refractivity contribution in [3.63, 3.8) is 0 Å². The third-order valence-electron chi connectivity index (χ3n) is 2.64. The molecule has 0 aliphatic rings. The van der Waals surface area contributed by atoms with Crippen molar-refractivity contribution in [1.82, 2.24) is 15.0 Å². The molecule has 2 aromatic heterocycles. The van der Waals surface area contributed by atoms with Crippen LogP contribution in [0.3, 0.4) is 0 Å². The minimum Gasteiger partial charge on any atom is -0.452 e. The second-order valence-corrected chi connectivity index (χ2v) is 7.75. The summed E-state index contributed by atoms with van der Waals surface area (Å²) in [6.45, 7) is 3.62. The molecule has 21 heavy (non-hydrogen) atoms. The number of furan rings is 1. The molecule has 0 aliphatic heterocycles. The van der Waals surface area contributed by atoms with Crippen molar-refractivity contribution in [2.24, 2.45) is 0 Å². The Balaban J connectivity index is 2.05. The highest BCUT2D eigenvalue weighted by Gasteiger charge is 2.22. The minimum atomic E-state index is -3.62. The lowest BCUT2D eigenvalue weighted by atomic mass is 10.4. The number of hydrogen-bond acceptors (Lipinski definition) is 6. The summed E-state index contributed by atoms with van der Waals surface area (Å²) in [5, 5.41) is 3.16. The molecule has 0 spiro atoms. The van der Waals surface area contributed by atoms with E-state index >= 15 is 0 Å². The maximum atomic E-state index is 12.3.